The molecule has 0 bridgehead atoms. The highest BCUT2D eigenvalue weighted by molar-refractivity contribution is 5.80. The average Bonchev–Trinajstić information content (AvgIpc) is 2.63. The van der Waals surface area contributed by atoms with Gasteiger partial charge in [0.2, 0.25) is 5.91 Å². The Morgan fingerprint density at radius 1 is 1.53 bits per heavy atom. The van der Waals surface area contributed by atoms with Gasteiger partial charge in [0, 0.05) is 26.1 Å². The van der Waals surface area contributed by atoms with Crippen LogP contribution in [0.25, 0.3) is 0 Å². The predicted octanol–water partition coefficient (Wildman–Crippen LogP) is 0.0485. The van der Waals surface area contributed by atoms with Crippen LogP contribution in [0, 0.1) is 5.41 Å². The normalized spacial score (nSPS) is 25.6. The van der Waals surface area contributed by atoms with Gasteiger partial charge in [-0.2, -0.15) is 0 Å². The first-order valence-corrected chi connectivity index (χ1v) is 5.27. The summed E-state index contributed by atoms with van der Waals surface area (Å²) in [7, 11) is 0. The molecule has 0 spiro atoms. The number of amides is 1. The fraction of sp³-hybridized carbons (Fsp3) is 0.800. The van der Waals surface area contributed by atoms with Crippen molar-refractivity contribution in [1.82, 2.24) is 4.90 Å². The van der Waals surface area contributed by atoms with E-state index in [2.05, 4.69) is 0 Å². The number of nitrogens with two attached hydrogens (primary N) is 1. The van der Waals surface area contributed by atoms with Crippen molar-refractivity contribution in [3.63, 3.8) is 0 Å². The Bertz CT molecular complexity index is 267. The van der Waals surface area contributed by atoms with Crippen molar-refractivity contribution in [3.05, 3.63) is 0 Å². The molecule has 0 aromatic carbocycles. The maximum Gasteiger partial charge on any atom is 0.311 e. The molecule has 1 aliphatic rings. The number of likely N-dealkylation sites (tertiary alicyclic amines) is 1. The summed E-state index contributed by atoms with van der Waals surface area (Å²) in [6.45, 7) is 3.04. The Morgan fingerprint density at radius 2 is 2.20 bits per heavy atom. The Labute approximate surface area is 89.2 Å². The number of carbonyl (C=O) groups excluding carboxylic acids is 1. The summed E-state index contributed by atoms with van der Waals surface area (Å²) in [6, 6.07) is 0. The van der Waals surface area contributed by atoms with E-state index in [1.54, 1.807) is 4.90 Å². The molecule has 0 aromatic heterocycles. The van der Waals surface area contributed by atoms with Gasteiger partial charge in [0.1, 0.15) is 0 Å². The summed E-state index contributed by atoms with van der Waals surface area (Å²) < 4.78 is 0. The SMILES string of the molecule is CCC1(C(=O)O)CCN(C(=O)CCN)C1. The number of aliphatic carboxylic acids is 1. The highest BCUT2D eigenvalue weighted by Crippen LogP contribution is 2.34. The summed E-state index contributed by atoms with van der Waals surface area (Å²) >= 11 is 0. The number of carbonyl (C=O) groups is 2. The van der Waals surface area contributed by atoms with E-state index < -0.39 is 11.4 Å². The van der Waals surface area contributed by atoms with E-state index in [0.717, 1.165) is 0 Å². The molecule has 5 heteroatoms. The molecule has 0 saturated carbocycles. The third kappa shape index (κ3) is 2.28. The molecule has 15 heavy (non-hydrogen) atoms. The first-order chi connectivity index (χ1) is 7.05. The molecule has 1 amide bonds. The van der Waals surface area contributed by atoms with Gasteiger partial charge in [0.05, 0.1) is 5.41 Å². The van der Waals surface area contributed by atoms with Crippen molar-refractivity contribution in [2.24, 2.45) is 11.1 Å². The van der Waals surface area contributed by atoms with Crippen molar-refractivity contribution in [1.29, 1.82) is 0 Å². The van der Waals surface area contributed by atoms with Crippen LogP contribution in [-0.4, -0.2) is 41.5 Å². The van der Waals surface area contributed by atoms with Crippen LogP contribution in [0.15, 0.2) is 0 Å². The summed E-state index contributed by atoms with van der Waals surface area (Å²) in [6.07, 6.45) is 1.42. The highest BCUT2D eigenvalue weighted by atomic mass is 16.4. The number of rotatable bonds is 4. The fourth-order valence-corrected chi connectivity index (χ4v) is 1.98. The summed E-state index contributed by atoms with van der Waals surface area (Å²) in [4.78, 5) is 24.3. The molecule has 1 atom stereocenters. The van der Waals surface area contributed by atoms with Gasteiger partial charge in [-0.15, -0.1) is 0 Å². The van der Waals surface area contributed by atoms with Gasteiger partial charge in [-0.3, -0.25) is 9.59 Å². The lowest BCUT2D eigenvalue weighted by atomic mass is 9.84. The van der Waals surface area contributed by atoms with E-state index in [9.17, 15) is 9.59 Å². The molecule has 0 aromatic rings. The quantitative estimate of drug-likeness (QED) is 0.692. The second kappa shape index (κ2) is 4.61. The highest BCUT2D eigenvalue weighted by Gasteiger charge is 2.44. The standard InChI is InChI=1S/C10H18N2O3/c1-2-10(9(14)15)4-6-12(7-10)8(13)3-5-11/h2-7,11H2,1H3,(H,14,15). The Morgan fingerprint density at radius 3 is 2.60 bits per heavy atom. The van der Waals surface area contributed by atoms with E-state index >= 15 is 0 Å². The molecular formula is C10H18N2O3. The molecule has 1 saturated heterocycles. The molecule has 5 nitrogen and oxygen atoms in total. The Hall–Kier alpha value is -1.10. The van der Waals surface area contributed by atoms with E-state index in [1.807, 2.05) is 6.92 Å². The molecule has 1 unspecified atom stereocenters. The molecular weight excluding hydrogens is 196 g/mol. The molecule has 1 heterocycles. The molecule has 0 radical (unpaired) electrons. The van der Waals surface area contributed by atoms with Crippen LogP contribution in [0.3, 0.4) is 0 Å². The molecule has 1 rings (SSSR count). The average molecular weight is 214 g/mol. The van der Waals surface area contributed by atoms with Gasteiger partial charge in [0.15, 0.2) is 0 Å². The van der Waals surface area contributed by atoms with Crippen LogP contribution in [0.1, 0.15) is 26.2 Å². The van der Waals surface area contributed by atoms with Crippen LogP contribution in [-0.2, 0) is 9.59 Å². The van der Waals surface area contributed by atoms with Gasteiger partial charge in [-0.25, -0.2) is 0 Å². The Kier molecular flexibility index (Phi) is 3.68. The third-order valence-electron chi connectivity index (χ3n) is 3.20. The van der Waals surface area contributed by atoms with Crippen molar-refractivity contribution in [2.75, 3.05) is 19.6 Å². The summed E-state index contributed by atoms with van der Waals surface area (Å²) in [5.41, 5.74) is 4.56. The van der Waals surface area contributed by atoms with E-state index in [-0.39, 0.29) is 5.91 Å². The molecule has 1 fully saturated rings. The molecule has 0 aliphatic carbocycles. The minimum atomic E-state index is -0.798. The van der Waals surface area contributed by atoms with Crippen LogP contribution in [0.4, 0.5) is 0 Å². The van der Waals surface area contributed by atoms with Crippen molar-refractivity contribution in [3.8, 4) is 0 Å². The van der Waals surface area contributed by atoms with E-state index in [4.69, 9.17) is 10.8 Å². The van der Waals surface area contributed by atoms with Gasteiger partial charge < -0.3 is 15.7 Å². The minimum absolute atomic E-state index is 0.0333. The summed E-state index contributed by atoms with van der Waals surface area (Å²) in [5.74, 6) is -0.831. The number of hydrogen-bond donors (Lipinski definition) is 2. The number of nitrogens with zero attached hydrogens (tertiary/aromatic N) is 1. The zero-order valence-electron chi connectivity index (χ0n) is 9.03. The second-order valence-corrected chi connectivity index (χ2v) is 4.04. The van der Waals surface area contributed by atoms with E-state index in [0.29, 0.717) is 38.9 Å². The lowest BCUT2D eigenvalue weighted by Crippen LogP contribution is -2.37. The summed E-state index contributed by atoms with van der Waals surface area (Å²) in [5, 5.41) is 9.13. The predicted molar refractivity (Wildman–Crippen MR) is 55.2 cm³/mol. The van der Waals surface area contributed by atoms with E-state index in [1.165, 1.54) is 0 Å². The maximum atomic E-state index is 11.5. The maximum absolute atomic E-state index is 11.5. The first-order valence-electron chi connectivity index (χ1n) is 5.27. The third-order valence-corrected chi connectivity index (χ3v) is 3.20. The zero-order valence-corrected chi connectivity index (χ0v) is 9.03. The minimum Gasteiger partial charge on any atom is -0.481 e. The molecule has 1 aliphatic heterocycles. The van der Waals surface area contributed by atoms with Crippen LogP contribution in [0.5, 0.6) is 0 Å². The lowest BCUT2D eigenvalue weighted by molar-refractivity contribution is -0.148. The smallest absolute Gasteiger partial charge is 0.311 e. The van der Waals surface area contributed by atoms with Crippen molar-refractivity contribution >= 4 is 11.9 Å². The zero-order chi connectivity index (χ0) is 11.5. The Balaban J connectivity index is 2.64. The van der Waals surface area contributed by atoms with Gasteiger partial charge >= 0.3 is 5.97 Å². The molecule has 86 valence electrons. The van der Waals surface area contributed by atoms with Gasteiger partial charge in [-0.05, 0) is 12.8 Å². The van der Waals surface area contributed by atoms with Crippen LogP contribution in [0.2, 0.25) is 0 Å². The fourth-order valence-electron chi connectivity index (χ4n) is 1.98. The number of carboxylic acids is 1. The van der Waals surface area contributed by atoms with Crippen molar-refractivity contribution < 1.29 is 14.7 Å². The largest absolute Gasteiger partial charge is 0.481 e. The van der Waals surface area contributed by atoms with Gasteiger partial charge in [-0.1, -0.05) is 6.92 Å². The number of hydrogen-bond acceptors (Lipinski definition) is 3. The van der Waals surface area contributed by atoms with Crippen LogP contribution >= 0.6 is 0 Å². The lowest BCUT2D eigenvalue weighted by Gasteiger charge is -2.22. The second-order valence-electron chi connectivity index (χ2n) is 4.04. The van der Waals surface area contributed by atoms with Crippen LogP contribution < -0.4 is 5.73 Å². The monoisotopic (exact) mass is 214 g/mol. The van der Waals surface area contributed by atoms with Gasteiger partial charge in [0.25, 0.3) is 0 Å². The topological polar surface area (TPSA) is 83.6 Å². The number of carboxylic acid groups (broad SMARTS) is 1. The molecule has 3 N–H and O–H groups in total. The van der Waals surface area contributed by atoms with Crippen molar-refractivity contribution in [2.45, 2.75) is 26.2 Å². The first kappa shape index (κ1) is 12.0.